The van der Waals surface area contributed by atoms with Gasteiger partial charge in [-0.3, -0.25) is 4.79 Å². The van der Waals surface area contributed by atoms with Gasteiger partial charge in [-0.2, -0.15) is 0 Å². The van der Waals surface area contributed by atoms with Crippen molar-refractivity contribution in [2.75, 3.05) is 12.3 Å². The molecule has 0 aliphatic heterocycles. The van der Waals surface area contributed by atoms with E-state index in [4.69, 9.17) is 5.73 Å². The summed E-state index contributed by atoms with van der Waals surface area (Å²) in [6.45, 7) is 32.1. The molecule has 0 fully saturated rings. The largest absolute Gasteiger partial charge is 0.399 e. The standard InChI is InChI=1S/C35H62O.C19H37NO.C14H23N/c1-8-9-10-11-12-13-14-15-16-17-18-19-20-21-22-23-24-25-33(36)28-30-26-31(34(2,3)4)29-32(27-30)35(5,6)7;1-2-3-4-5-6-7-8-9-10-11-12-13-14-15-16-17-18-20-19-21;1-13(2,3)10-7-11(14(4,5)6)9-12(15)8-10/h26-27,29H,8-25,28H2,1-7H3;2-18H2,1H3;7-9H,15H2,1-6H3. The van der Waals surface area contributed by atoms with Crippen LogP contribution in [-0.2, 0) is 37.7 Å². The van der Waals surface area contributed by atoms with Crippen molar-refractivity contribution in [2.24, 2.45) is 4.99 Å². The first-order chi connectivity index (χ1) is 34.1. The molecular formula is C68H122N2O2. The Hall–Kier alpha value is -2.71. The Bertz CT molecular complexity index is 1590. The first-order valence-corrected chi connectivity index (χ1v) is 30.7. The van der Waals surface area contributed by atoms with Crippen molar-refractivity contribution in [3.05, 3.63) is 64.2 Å². The quantitative estimate of drug-likeness (QED) is 0.0317. The SMILES string of the molecule is CC(C)(C)c1cc(N)cc(C(C)(C)C)c1.CCCCCCCCCCCCCCCCCCCC(=O)Cc1cc(C(C)(C)C)cc(C(C)(C)C)c1.CCCCCCCCCCCCCCCCCCN=C=O. The maximum Gasteiger partial charge on any atom is 0.234 e. The number of nitrogens with two attached hydrogens (primary N) is 1. The Morgan fingerprint density at radius 2 is 0.639 bits per heavy atom. The Morgan fingerprint density at radius 1 is 0.389 bits per heavy atom. The zero-order valence-corrected chi connectivity index (χ0v) is 50.8. The molecule has 0 aromatic heterocycles. The highest BCUT2D eigenvalue weighted by Gasteiger charge is 2.22. The van der Waals surface area contributed by atoms with Gasteiger partial charge in [-0.1, -0.05) is 320 Å². The number of anilines is 1. The lowest BCUT2D eigenvalue weighted by molar-refractivity contribution is -0.118. The molecule has 416 valence electrons. The fourth-order valence-corrected chi connectivity index (χ4v) is 9.33. The van der Waals surface area contributed by atoms with Gasteiger partial charge in [0.2, 0.25) is 6.08 Å². The minimum atomic E-state index is 0.104. The van der Waals surface area contributed by atoms with Gasteiger partial charge >= 0.3 is 0 Å². The third-order valence-corrected chi connectivity index (χ3v) is 14.6. The minimum absolute atomic E-state index is 0.104. The molecule has 0 unspecified atom stereocenters. The Labute approximate surface area is 449 Å². The molecule has 2 aromatic carbocycles. The molecule has 0 heterocycles. The van der Waals surface area contributed by atoms with E-state index in [2.05, 4.69) is 138 Å². The van der Waals surface area contributed by atoms with Crippen molar-refractivity contribution in [1.82, 2.24) is 0 Å². The van der Waals surface area contributed by atoms with Gasteiger partial charge in [0.25, 0.3) is 0 Å². The fraction of sp³-hybridized carbons (Fsp3) is 0.794. The van der Waals surface area contributed by atoms with Gasteiger partial charge in [-0.25, -0.2) is 9.79 Å². The van der Waals surface area contributed by atoms with E-state index in [9.17, 15) is 9.59 Å². The minimum Gasteiger partial charge on any atom is -0.399 e. The highest BCUT2D eigenvalue weighted by molar-refractivity contribution is 5.81. The van der Waals surface area contributed by atoms with E-state index in [1.165, 1.54) is 227 Å². The predicted octanol–water partition coefficient (Wildman–Crippen LogP) is 21.9. The monoisotopic (exact) mass is 999 g/mol. The molecule has 0 atom stereocenters. The van der Waals surface area contributed by atoms with Crippen LogP contribution in [0.1, 0.15) is 343 Å². The summed E-state index contributed by atoms with van der Waals surface area (Å²) >= 11 is 0. The van der Waals surface area contributed by atoms with Crippen LogP contribution in [0.25, 0.3) is 0 Å². The van der Waals surface area contributed by atoms with Crippen LogP contribution in [0.5, 0.6) is 0 Å². The van der Waals surface area contributed by atoms with Crippen LogP contribution in [0.4, 0.5) is 5.69 Å². The van der Waals surface area contributed by atoms with Gasteiger partial charge in [-0.15, -0.1) is 0 Å². The van der Waals surface area contributed by atoms with Crippen LogP contribution >= 0.6 is 0 Å². The predicted molar refractivity (Wildman–Crippen MR) is 322 cm³/mol. The number of nitrogen functional groups attached to an aromatic ring is 1. The maximum absolute atomic E-state index is 12.7. The molecule has 72 heavy (non-hydrogen) atoms. The second-order valence-corrected chi connectivity index (χ2v) is 26.2. The molecule has 0 aliphatic rings. The number of carbonyl (C=O) groups excluding carboxylic acids is 2. The molecule has 0 bridgehead atoms. The summed E-state index contributed by atoms with van der Waals surface area (Å²) in [4.78, 5) is 26.1. The fourth-order valence-electron chi connectivity index (χ4n) is 9.33. The van der Waals surface area contributed by atoms with Crippen molar-refractivity contribution in [3.63, 3.8) is 0 Å². The number of benzene rings is 2. The topological polar surface area (TPSA) is 72.5 Å². The van der Waals surface area contributed by atoms with Crippen LogP contribution in [0.3, 0.4) is 0 Å². The molecule has 0 amide bonds. The van der Waals surface area contributed by atoms with Crippen LogP contribution < -0.4 is 5.73 Å². The van der Waals surface area contributed by atoms with Gasteiger partial charge in [0, 0.05) is 18.5 Å². The van der Waals surface area contributed by atoms with Gasteiger partial charge in [0.05, 0.1) is 6.54 Å². The zero-order valence-electron chi connectivity index (χ0n) is 50.8. The van der Waals surface area contributed by atoms with Crippen molar-refractivity contribution < 1.29 is 9.59 Å². The number of isocyanates is 1. The van der Waals surface area contributed by atoms with Crippen molar-refractivity contribution >= 4 is 17.6 Å². The second-order valence-electron chi connectivity index (χ2n) is 26.2. The van der Waals surface area contributed by atoms with E-state index < -0.39 is 0 Å². The van der Waals surface area contributed by atoms with Crippen LogP contribution in [0, 0.1) is 0 Å². The van der Waals surface area contributed by atoms with Crippen molar-refractivity contribution in [3.8, 4) is 0 Å². The molecule has 0 radical (unpaired) electrons. The first kappa shape index (κ1) is 69.3. The normalized spacial score (nSPS) is 11.9. The second kappa shape index (κ2) is 41.5. The summed E-state index contributed by atoms with van der Waals surface area (Å²) < 4.78 is 0. The highest BCUT2D eigenvalue weighted by Crippen LogP contribution is 2.32. The van der Waals surface area contributed by atoms with E-state index in [0.717, 1.165) is 24.9 Å². The van der Waals surface area contributed by atoms with Gasteiger partial charge in [0.15, 0.2) is 0 Å². The van der Waals surface area contributed by atoms with E-state index in [0.29, 0.717) is 18.7 Å². The molecule has 2 N–H and O–H groups in total. The summed E-state index contributed by atoms with van der Waals surface area (Å²) in [7, 11) is 0. The van der Waals surface area contributed by atoms with Crippen molar-refractivity contribution in [1.29, 1.82) is 0 Å². The summed E-state index contributed by atoms with van der Waals surface area (Å²) in [5.41, 5.74) is 13.9. The van der Waals surface area contributed by atoms with Crippen LogP contribution in [0.15, 0.2) is 41.4 Å². The molecule has 2 aromatic rings. The van der Waals surface area contributed by atoms with Crippen LogP contribution in [-0.4, -0.2) is 18.4 Å². The molecule has 2 rings (SSSR count). The average Bonchev–Trinajstić information content (AvgIpc) is 3.30. The van der Waals surface area contributed by atoms with E-state index in [1.807, 2.05) is 0 Å². The molecule has 4 heteroatoms. The van der Waals surface area contributed by atoms with Gasteiger partial charge in [-0.05, 0) is 74.5 Å². The molecule has 4 nitrogen and oxygen atoms in total. The Balaban J connectivity index is 0.00000118. The van der Waals surface area contributed by atoms with Gasteiger partial charge < -0.3 is 5.73 Å². The summed E-state index contributed by atoms with van der Waals surface area (Å²) in [6, 6.07) is 13.3. The van der Waals surface area contributed by atoms with E-state index in [1.54, 1.807) is 6.08 Å². The smallest absolute Gasteiger partial charge is 0.234 e. The lowest BCUT2D eigenvalue weighted by Crippen LogP contribution is -2.17. The summed E-state index contributed by atoms with van der Waals surface area (Å²) in [5, 5.41) is 0. The first-order valence-electron chi connectivity index (χ1n) is 30.7. The summed E-state index contributed by atoms with van der Waals surface area (Å²) in [5.74, 6) is 0.405. The lowest BCUT2D eigenvalue weighted by Gasteiger charge is -2.26. The van der Waals surface area contributed by atoms with Crippen molar-refractivity contribution in [2.45, 2.75) is 343 Å². The molecule has 0 saturated carbocycles. The number of nitrogens with zero attached hydrogens (tertiary/aromatic N) is 1. The Morgan fingerprint density at radius 3 is 0.903 bits per heavy atom. The number of Topliss-reactive ketones (excluding diaryl/α,β-unsaturated/α-hetero) is 1. The number of hydrogen-bond acceptors (Lipinski definition) is 4. The van der Waals surface area contributed by atoms with E-state index >= 15 is 0 Å². The molecule has 0 spiro atoms. The number of hydrogen-bond donors (Lipinski definition) is 1. The number of aliphatic imine (C=N–C) groups is 1. The van der Waals surface area contributed by atoms with Gasteiger partial charge in [0.1, 0.15) is 5.78 Å². The Kier molecular flexibility index (Phi) is 40.0. The zero-order chi connectivity index (χ0) is 54.2. The number of unbranched alkanes of at least 4 members (excludes halogenated alkanes) is 31. The summed E-state index contributed by atoms with van der Waals surface area (Å²) in [6.07, 6.45) is 48.4. The highest BCUT2D eigenvalue weighted by atomic mass is 16.1. The maximum atomic E-state index is 12.7. The average molecular weight is 1000 g/mol. The molecular weight excluding hydrogens is 877 g/mol. The molecule has 0 saturated heterocycles. The third-order valence-electron chi connectivity index (χ3n) is 14.6. The van der Waals surface area contributed by atoms with Crippen LogP contribution in [0.2, 0.25) is 0 Å². The third kappa shape index (κ3) is 39.7. The lowest BCUT2D eigenvalue weighted by atomic mass is 9.79. The number of ketones is 1. The number of rotatable bonds is 37. The van der Waals surface area contributed by atoms with E-state index in [-0.39, 0.29) is 21.7 Å². The number of carbonyl (C=O) groups is 1. The molecule has 0 aliphatic carbocycles.